The SMILES string of the molecule is CCNC(=NCc1ccc(COC2CCOCC2)cc1)N1CCC(OCCCOC)CC1. The van der Waals surface area contributed by atoms with E-state index in [4.69, 9.17) is 23.9 Å². The number of nitrogens with one attached hydrogen (secondary N) is 1. The second-order valence-corrected chi connectivity index (χ2v) is 8.51. The predicted octanol–water partition coefficient (Wildman–Crippen LogP) is 3.37. The van der Waals surface area contributed by atoms with Gasteiger partial charge in [0.2, 0.25) is 0 Å². The molecule has 0 radical (unpaired) electrons. The van der Waals surface area contributed by atoms with Crippen LogP contribution in [-0.4, -0.2) is 76.2 Å². The molecule has 0 atom stereocenters. The van der Waals surface area contributed by atoms with Crippen LogP contribution in [0.5, 0.6) is 0 Å². The molecule has 0 saturated carbocycles. The molecule has 1 aromatic carbocycles. The van der Waals surface area contributed by atoms with E-state index >= 15 is 0 Å². The largest absolute Gasteiger partial charge is 0.385 e. The zero-order valence-corrected chi connectivity index (χ0v) is 19.9. The molecule has 3 rings (SSSR count). The maximum absolute atomic E-state index is 6.02. The summed E-state index contributed by atoms with van der Waals surface area (Å²) < 4.78 is 22.5. The quantitative estimate of drug-likeness (QED) is 0.319. The molecular weight excluding hydrogens is 406 g/mol. The standard InChI is InChI=1S/C25H41N3O4/c1-3-26-25(28-13-9-23(10-14-28)31-16-4-15-29-2)27-19-21-5-7-22(8-6-21)20-32-24-11-17-30-18-12-24/h5-8,23-24H,3-4,9-20H2,1-2H3,(H,26,27). The number of piperidine rings is 1. The van der Waals surface area contributed by atoms with Crippen LogP contribution >= 0.6 is 0 Å². The smallest absolute Gasteiger partial charge is 0.194 e. The lowest BCUT2D eigenvalue weighted by molar-refractivity contribution is -0.0390. The first kappa shape index (κ1) is 25.0. The number of methoxy groups -OCH3 is 1. The van der Waals surface area contributed by atoms with Crippen LogP contribution in [0.25, 0.3) is 0 Å². The van der Waals surface area contributed by atoms with Gasteiger partial charge in [0.15, 0.2) is 5.96 Å². The van der Waals surface area contributed by atoms with Gasteiger partial charge in [0.05, 0.1) is 25.4 Å². The third-order valence-corrected chi connectivity index (χ3v) is 6.01. The third kappa shape index (κ3) is 8.70. The number of benzene rings is 1. The number of hydrogen-bond donors (Lipinski definition) is 1. The summed E-state index contributed by atoms with van der Waals surface area (Å²) in [6.07, 6.45) is 5.71. The van der Waals surface area contributed by atoms with Crippen molar-refractivity contribution < 1.29 is 18.9 Å². The Hall–Kier alpha value is -1.67. The number of hydrogen-bond acceptors (Lipinski definition) is 5. The van der Waals surface area contributed by atoms with Crippen LogP contribution in [0.3, 0.4) is 0 Å². The fraction of sp³-hybridized carbons (Fsp3) is 0.720. The van der Waals surface area contributed by atoms with Crippen molar-refractivity contribution in [1.29, 1.82) is 0 Å². The highest BCUT2D eigenvalue weighted by molar-refractivity contribution is 5.80. The highest BCUT2D eigenvalue weighted by atomic mass is 16.5. The number of nitrogens with zero attached hydrogens (tertiary/aromatic N) is 2. The second-order valence-electron chi connectivity index (χ2n) is 8.51. The first-order valence-electron chi connectivity index (χ1n) is 12.2. The van der Waals surface area contributed by atoms with Crippen molar-refractivity contribution in [2.45, 2.75) is 64.4 Å². The molecule has 180 valence electrons. The van der Waals surface area contributed by atoms with Gasteiger partial charge >= 0.3 is 0 Å². The van der Waals surface area contributed by atoms with Gasteiger partial charge in [-0.25, -0.2) is 4.99 Å². The summed E-state index contributed by atoms with van der Waals surface area (Å²) in [6, 6.07) is 8.64. The lowest BCUT2D eigenvalue weighted by Gasteiger charge is -2.34. The van der Waals surface area contributed by atoms with Gasteiger partial charge in [-0.1, -0.05) is 24.3 Å². The van der Waals surface area contributed by atoms with Gasteiger partial charge < -0.3 is 29.2 Å². The van der Waals surface area contributed by atoms with Crippen molar-refractivity contribution in [2.75, 3.05) is 53.2 Å². The van der Waals surface area contributed by atoms with Crippen molar-refractivity contribution in [1.82, 2.24) is 10.2 Å². The number of ether oxygens (including phenoxy) is 4. The molecule has 1 aromatic rings. The van der Waals surface area contributed by atoms with Crippen molar-refractivity contribution >= 4 is 5.96 Å². The predicted molar refractivity (Wildman–Crippen MR) is 127 cm³/mol. The molecule has 0 aromatic heterocycles. The summed E-state index contributed by atoms with van der Waals surface area (Å²) in [4.78, 5) is 7.25. The molecule has 32 heavy (non-hydrogen) atoms. The molecule has 7 nitrogen and oxygen atoms in total. The average Bonchev–Trinajstić information content (AvgIpc) is 2.85. The van der Waals surface area contributed by atoms with Gasteiger partial charge in [0.25, 0.3) is 0 Å². The van der Waals surface area contributed by atoms with E-state index in [0.29, 0.717) is 25.4 Å². The number of guanidine groups is 1. The number of aliphatic imine (C=N–C) groups is 1. The van der Waals surface area contributed by atoms with Crippen LogP contribution in [0.1, 0.15) is 50.2 Å². The maximum atomic E-state index is 6.02. The molecule has 2 saturated heterocycles. The molecule has 7 heteroatoms. The van der Waals surface area contributed by atoms with Crippen LogP contribution in [0.2, 0.25) is 0 Å². The monoisotopic (exact) mass is 447 g/mol. The lowest BCUT2D eigenvalue weighted by atomic mass is 10.1. The molecule has 0 amide bonds. The Kier molecular flexibility index (Phi) is 11.3. The van der Waals surface area contributed by atoms with Crippen LogP contribution in [0.15, 0.2) is 29.3 Å². The Bertz CT molecular complexity index is 654. The summed E-state index contributed by atoms with van der Waals surface area (Å²) >= 11 is 0. The minimum absolute atomic E-state index is 0.329. The highest BCUT2D eigenvalue weighted by Gasteiger charge is 2.21. The van der Waals surface area contributed by atoms with Gasteiger partial charge in [-0.3, -0.25) is 0 Å². The first-order valence-corrected chi connectivity index (χ1v) is 12.2. The second kappa shape index (κ2) is 14.5. The van der Waals surface area contributed by atoms with Gasteiger partial charge in [0.1, 0.15) is 0 Å². The van der Waals surface area contributed by atoms with E-state index in [9.17, 15) is 0 Å². The normalized spacial score (nSPS) is 18.8. The van der Waals surface area contributed by atoms with Crippen molar-refractivity contribution in [3.8, 4) is 0 Å². The van der Waals surface area contributed by atoms with Crippen molar-refractivity contribution in [3.05, 3.63) is 35.4 Å². The van der Waals surface area contributed by atoms with Crippen LogP contribution < -0.4 is 5.32 Å². The van der Waals surface area contributed by atoms with Crippen LogP contribution in [0.4, 0.5) is 0 Å². The molecule has 0 spiro atoms. The van der Waals surface area contributed by atoms with E-state index in [-0.39, 0.29) is 0 Å². The van der Waals surface area contributed by atoms with E-state index in [1.54, 1.807) is 7.11 Å². The Morgan fingerprint density at radius 1 is 1.00 bits per heavy atom. The molecule has 2 fully saturated rings. The van der Waals surface area contributed by atoms with E-state index in [1.807, 2.05) is 0 Å². The van der Waals surface area contributed by atoms with E-state index in [1.165, 1.54) is 11.1 Å². The minimum atomic E-state index is 0.329. The van der Waals surface area contributed by atoms with Gasteiger partial charge in [0, 0.05) is 53.2 Å². The van der Waals surface area contributed by atoms with Gasteiger partial charge in [-0.15, -0.1) is 0 Å². The summed E-state index contributed by atoms with van der Waals surface area (Å²) in [6.45, 7) is 9.46. The van der Waals surface area contributed by atoms with Crippen LogP contribution in [-0.2, 0) is 32.1 Å². The highest BCUT2D eigenvalue weighted by Crippen LogP contribution is 2.16. The Morgan fingerprint density at radius 3 is 2.38 bits per heavy atom. The molecule has 0 aliphatic carbocycles. The molecule has 0 unspecified atom stereocenters. The summed E-state index contributed by atoms with van der Waals surface area (Å²) in [5, 5.41) is 3.45. The zero-order valence-electron chi connectivity index (χ0n) is 19.9. The average molecular weight is 448 g/mol. The van der Waals surface area contributed by atoms with E-state index in [2.05, 4.69) is 41.4 Å². The fourth-order valence-corrected chi connectivity index (χ4v) is 4.08. The lowest BCUT2D eigenvalue weighted by Crippen LogP contribution is -2.47. The Labute approximate surface area is 193 Å². The van der Waals surface area contributed by atoms with E-state index < -0.39 is 0 Å². The molecule has 2 heterocycles. The molecule has 2 aliphatic heterocycles. The topological polar surface area (TPSA) is 64.6 Å². The van der Waals surface area contributed by atoms with Crippen LogP contribution in [0, 0.1) is 0 Å². The van der Waals surface area contributed by atoms with Gasteiger partial charge in [-0.2, -0.15) is 0 Å². The summed E-state index contributed by atoms with van der Waals surface area (Å²) in [7, 11) is 1.73. The summed E-state index contributed by atoms with van der Waals surface area (Å²) in [5.74, 6) is 0.997. The molecule has 2 aliphatic rings. The number of rotatable bonds is 11. The fourth-order valence-electron chi connectivity index (χ4n) is 4.08. The first-order chi connectivity index (χ1) is 15.8. The van der Waals surface area contributed by atoms with Gasteiger partial charge in [-0.05, 0) is 50.2 Å². The Morgan fingerprint density at radius 2 is 1.69 bits per heavy atom. The molecular formula is C25H41N3O4. The zero-order chi connectivity index (χ0) is 22.4. The maximum Gasteiger partial charge on any atom is 0.194 e. The minimum Gasteiger partial charge on any atom is -0.385 e. The Balaban J connectivity index is 1.43. The molecule has 1 N–H and O–H groups in total. The third-order valence-electron chi connectivity index (χ3n) is 6.01. The number of likely N-dealkylation sites (tertiary alicyclic amines) is 1. The van der Waals surface area contributed by atoms with E-state index in [0.717, 1.165) is 84.1 Å². The van der Waals surface area contributed by atoms with Crippen molar-refractivity contribution in [2.24, 2.45) is 4.99 Å². The van der Waals surface area contributed by atoms with Crippen molar-refractivity contribution in [3.63, 3.8) is 0 Å². The summed E-state index contributed by atoms with van der Waals surface area (Å²) in [5.41, 5.74) is 2.43. The molecule has 0 bridgehead atoms.